The number of nitrogens with zero attached hydrogens (tertiary/aromatic N) is 2. The summed E-state index contributed by atoms with van der Waals surface area (Å²) < 4.78 is 0. The molecule has 6 nitrogen and oxygen atoms in total. The first-order chi connectivity index (χ1) is 14.7. The molecule has 1 saturated heterocycles. The van der Waals surface area contributed by atoms with Crippen LogP contribution in [0.3, 0.4) is 0 Å². The van der Waals surface area contributed by atoms with Crippen LogP contribution in [-0.4, -0.2) is 40.0 Å². The maximum absolute atomic E-state index is 12.7. The Morgan fingerprint density at radius 2 is 1.83 bits per heavy atom. The van der Waals surface area contributed by atoms with Crippen LogP contribution in [0.4, 0.5) is 0 Å². The van der Waals surface area contributed by atoms with Gasteiger partial charge in [0.2, 0.25) is 11.8 Å². The predicted octanol–water partition coefficient (Wildman–Crippen LogP) is 3.17. The van der Waals surface area contributed by atoms with Gasteiger partial charge in [-0.25, -0.2) is 0 Å². The van der Waals surface area contributed by atoms with Gasteiger partial charge in [-0.1, -0.05) is 54.6 Å². The summed E-state index contributed by atoms with van der Waals surface area (Å²) in [5.74, 6) is -0.0410. The van der Waals surface area contributed by atoms with Crippen LogP contribution in [-0.2, 0) is 22.6 Å². The molecule has 0 saturated carbocycles. The number of amides is 2. The lowest BCUT2D eigenvalue weighted by molar-refractivity contribution is -0.135. The van der Waals surface area contributed by atoms with E-state index in [1.54, 1.807) is 6.20 Å². The quantitative estimate of drug-likeness (QED) is 0.665. The maximum atomic E-state index is 12.7. The third-order valence-electron chi connectivity index (χ3n) is 5.58. The molecular weight excluding hydrogens is 376 g/mol. The number of carbonyl (C=O) groups excluding carboxylic acids is 2. The van der Waals surface area contributed by atoms with Crippen LogP contribution in [0.1, 0.15) is 24.0 Å². The smallest absolute Gasteiger partial charge is 0.227 e. The van der Waals surface area contributed by atoms with Gasteiger partial charge in [0.05, 0.1) is 18.0 Å². The van der Waals surface area contributed by atoms with Crippen molar-refractivity contribution in [3.8, 4) is 11.3 Å². The number of nitrogens with one attached hydrogen (secondary N) is 2. The molecule has 1 unspecified atom stereocenters. The second-order valence-electron chi connectivity index (χ2n) is 7.73. The zero-order valence-corrected chi connectivity index (χ0v) is 16.9. The first kappa shape index (κ1) is 19.9. The summed E-state index contributed by atoms with van der Waals surface area (Å²) in [6.45, 7) is 1.71. The highest BCUT2D eigenvalue weighted by molar-refractivity contribution is 5.82. The standard InChI is InChI=1S/C24H26N4O2/c29-23(15-18-5-2-1-3-6-18)28-14-4-7-21(17-28)24(30)25-16-19-8-10-20(11-9-19)22-12-13-26-27-22/h1-3,5-6,8-13,21H,4,7,14-17H2,(H,25,30)(H,26,27). The van der Waals surface area contributed by atoms with E-state index in [9.17, 15) is 9.59 Å². The number of hydrogen-bond donors (Lipinski definition) is 2. The lowest BCUT2D eigenvalue weighted by atomic mass is 9.96. The summed E-state index contributed by atoms with van der Waals surface area (Å²) in [6.07, 6.45) is 3.79. The van der Waals surface area contributed by atoms with Gasteiger partial charge in [-0.15, -0.1) is 0 Å². The molecule has 0 spiro atoms. The molecule has 1 atom stereocenters. The molecule has 1 fully saturated rings. The largest absolute Gasteiger partial charge is 0.352 e. The monoisotopic (exact) mass is 402 g/mol. The van der Waals surface area contributed by atoms with Crippen molar-refractivity contribution in [1.82, 2.24) is 20.4 Å². The second kappa shape index (κ2) is 9.39. The highest BCUT2D eigenvalue weighted by atomic mass is 16.2. The average molecular weight is 402 g/mol. The summed E-state index contributed by atoms with van der Waals surface area (Å²) in [6, 6.07) is 19.7. The van der Waals surface area contributed by atoms with Gasteiger partial charge in [-0.3, -0.25) is 14.7 Å². The van der Waals surface area contributed by atoms with Gasteiger partial charge in [-0.2, -0.15) is 5.10 Å². The minimum atomic E-state index is -0.150. The van der Waals surface area contributed by atoms with Crippen LogP contribution >= 0.6 is 0 Å². The molecule has 30 heavy (non-hydrogen) atoms. The first-order valence-corrected chi connectivity index (χ1v) is 10.4. The van der Waals surface area contributed by atoms with Crippen molar-refractivity contribution >= 4 is 11.8 Å². The lowest BCUT2D eigenvalue weighted by Gasteiger charge is -2.32. The van der Waals surface area contributed by atoms with Gasteiger partial charge in [0, 0.05) is 25.8 Å². The van der Waals surface area contributed by atoms with E-state index in [0.717, 1.165) is 41.8 Å². The van der Waals surface area contributed by atoms with Crippen LogP contribution in [0.2, 0.25) is 0 Å². The summed E-state index contributed by atoms with van der Waals surface area (Å²) in [5, 5.41) is 9.94. The molecule has 2 aromatic carbocycles. The molecule has 1 aliphatic rings. The van der Waals surface area contributed by atoms with Gasteiger partial charge in [-0.05, 0) is 35.6 Å². The van der Waals surface area contributed by atoms with E-state index in [-0.39, 0.29) is 17.7 Å². The van der Waals surface area contributed by atoms with Crippen LogP contribution in [0.15, 0.2) is 66.9 Å². The predicted molar refractivity (Wildman–Crippen MR) is 115 cm³/mol. The number of likely N-dealkylation sites (tertiary alicyclic amines) is 1. The Labute approximate surface area is 176 Å². The lowest BCUT2D eigenvalue weighted by Crippen LogP contribution is -2.45. The van der Waals surface area contributed by atoms with Crippen molar-refractivity contribution in [3.05, 3.63) is 78.0 Å². The van der Waals surface area contributed by atoms with Gasteiger partial charge in [0.15, 0.2) is 0 Å². The summed E-state index contributed by atoms with van der Waals surface area (Å²) in [5.41, 5.74) is 4.07. The normalized spacial score (nSPS) is 16.3. The topological polar surface area (TPSA) is 78.1 Å². The number of aromatic nitrogens is 2. The fraction of sp³-hybridized carbons (Fsp3) is 0.292. The Kier molecular flexibility index (Phi) is 6.23. The van der Waals surface area contributed by atoms with Crippen molar-refractivity contribution in [2.75, 3.05) is 13.1 Å². The molecule has 6 heteroatoms. The molecule has 0 radical (unpaired) electrons. The molecule has 2 heterocycles. The van der Waals surface area contributed by atoms with E-state index in [0.29, 0.717) is 19.5 Å². The van der Waals surface area contributed by atoms with E-state index in [1.807, 2.05) is 65.6 Å². The van der Waals surface area contributed by atoms with Gasteiger partial charge < -0.3 is 10.2 Å². The van der Waals surface area contributed by atoms with Gasteiger partial charge in [0.1, 0.15) is 0 Å². The number of benzene rings is 2. The fourth-order valence-electron chi connectivity index (χ4n) is 3.85. The number of hydrogen-bond acceptors (Lipinski definition) is 3. The van der Waals surface area contributed by atoms with E-state index in [1.165, 1.54) is 0 Å². The maximum Gasteiger partial charge on any atom is 0.227 e. The van der Waals surface area contributed by atoms with E-state index in [2.05, 4.69) is 15.5 Å². The number of rotatable bonds is 6. The van der Waals surface area contributed by atoms with Crippen LogP contribution in [0, 0.1) is 5.92 Å². The molecule has 0 bridgehead atoms. The zero-order valence-electron chi connectivity index (χ0n) is 16.9. The van der Waals surface area contributed by atoms with Crippen molar-refractivity contribution < 1.29 is 9.59 Å². The Balaban J connectivity index is 1.28. The molecule has 4 rings (SSSR count). The number of aromatic amines is 1. The summed E-state index contributed by atoms with van der Waals surface area (Å²) in [4.78, 5) is 27.2. The van der Waals surface area contributed by atoms with Crippen LogP contribution < -0.4 is 5.32 Å². The minimum absolute atomic E-state index is 0.0184. The molecule has 154 valence electrons. The number of carbonyl (C=O) groups is 2. The fourth-order valence-corrected chi connectivity index (χ4v) is 3.85. The van der Waals surface area contributed by atoms with Crippen molar-refractivity contribution in [2.24, 2.45) is 5.92 Å². The highest BCUT2D eigenvalue weighted by Gasteiger charge is 2.28. The van der Waals surface area contributed by atoms with Gasteiger partial charge in [0.25, 0.3) is 0 Å². The van der Waals surface area contributed by atoms with Crippen molar-refractivity contribution in [3.63, 3.8) is 0 Å². The summed E-state index contributed by atoms with van der Waals surface area (Å²) in [7, 11) is 0. The summed E-state index contributed by atoms with van der Waals surface area (Å²) >= 11 is 0. The zero-order chi connectivity index (χ0) is 20.8. The first-order valence-electron chi connectivity index (χ1n) is 10.4. The third kappa shape index (κ3) is 4.95. The molecule has 2 amide bonds. The number of piperidine rings is 1. The van der Waals surface area contributed by atoms with Crippen molar-refractivity contribution in [2.45, 2.75) is 25.8 Å². The molecule has 1 aromatic heterocycles. The van der Waals surface area contributed by atoms with E-state index < -0.39 is 0 Å². The van der Waals surface area contributed by atoms with Crippen LogP contribution in [0.5, 0.6) is 0 Å². The Hall–Kier alpha value is -3.41. The van der Waals surface area contributed by atoms with Gasteiger partial charge >= 0.3 is 0 Å². The van der Waals surface area contributed by atoms with E-state index in [4.69, 9.17) is 0 Å². The average Bonchev–Trinajstić information content (AvgIpc) is 3.33. The Bertz CT molecular complexity index is 968. The van der Waals surface area contributed by atoms with Crippen molar-refractivity contribution in [1.29, 1.82) is 0 Å². The minimum Gasteiger partial charge on any atom is -0.352 e. The third-order valence-corrected chi connectivity index (χ3v) is 5.58. The SMILES string of the molecule is O=C(NCc1ccc(-c2ccn[nH]2)cc1)C1CCCN(C(=O)Cc2ccccc2)C1. The second-order valence-corrected chi connectivity index (χ2v) is 7.73. The molecule has 3 aromatic rings. The molecule has 2 N–H and O–H groups in total. The molecule has 1 aliphatic heterocycles. The van der Waals surface area contributed by atoms with E-state index >= 15 is 0 Å². The van der Waals surface area contributed by atoms with Crippen LogP contribution in [0.25, 0.3) is 11.3 Å². The Morgan fingerprint density at radius 3 is 2.57 bits per heavy atom. The number of H-pyrrole nitrogens is 1. The highest BCUT2D eigenvalue weighted by Crippen LogP contribution is 2.19. The molecular formula is C24H26N4O2. The molecule has 0 aliphatic carbocycles. The Morgan fingerprint density at radius 1 is 1.03 bits per heavy atom.